The first-order chi connectivity index (χ1) is 21.5. The lowest BCUT2D eigenvalue weighted by molar-refractivity contribution is 0.0115. The molecule has 230 valence electrons. The molecule has 0 radical (unpaired) electrons. The monoisotopic (exact) mass is 633 g/mol. The van der Waals surface area contributed by atoms with Crippen LogP contribution in [0.25, 0.3) is 56.0 Å². The predicted octanol–water partition coefficient (Wildman–Crippen LogP) is 4.65. The molecule has 1 saturated heterocycles. The molecule has 3 N–H and O–H groups in total. The summed E-state index contributed by atoms with van der Waals surface area (Å²) in [6, 6.07) is 9.79. The van der Waals surface area contributed by atoms with Crippen molar-refractivity contribution in [1.82, 2.24) is 44.7 Å². The van der Waals surface area contributed by atoms with Gasteiger partial charge in [-0.25, -0.2) is 36.3 Å². The number of imidazole rings is 1. The number of sulfonamides is 1. The maximum absolute atomic E-state index is 14.6. The van der Waals surface area contributed by atoms with Crippen LogP contribution in [0.1, 0.15) is 17.5 Å². The molecule has 1 aromatic carbocycles. The first kappa shape index (κ1) is 29.0. The van der Waals surface area contributed by atoms with Crippen LogP contribution in [0.2, 0.25) is 0 Å². The zero-order chi connectivity index (χ0) is 31.3. The van der Waals surface area contributed by atoms with Gasteiger partial charge in [-0.1, -0.05) is 0 Å². The van der Waals surface area contributed by atoms with Crippen LogP contribution in [0.3, 0.4) is 0 Å². The molecule has 0 amide bonds. The molecule has 1 aliphatic heterocycles. The van der Waals surface area contributed by atoms with Gasteiger partial charge in [0.25, 0.3) is 5.92 Å². The van der Waals surface area contributed by atoms with Gasteiger partial charge in [0, 0.05) is 61.2 Å². The number of nitrogens with zero attached hydrogens (tertiary/aromatic N) is 6. The van der Waals surface area contributed by atoms with Crippen LogP contribution in [0, 0.1) is 5.82 Å². The molecule has 0 aliphatic carbocycles. The number of pyridine rings is 3. The number of nitrogens with one attached hydrogen (secondary N) is 3. The molecule has 0 saturated carbocycles. The minimum atomic E-state index is -3.46. The van der Waals surface area contributed by atoms with Crippen molar-refractivity contribution in [3.63, 3.8) is 0 Å². The minimum Gasteiger partial charge on any atom is -0.321 e. The Bertz CT molecular complexity index is 2180. The van der Waals surface area contributed by atoms with E-state index in [4.69, 9.17) is 4.98 Å². The molecule has 0 bridgehead atoms. The fourth-order valence-electron chi connectivity index (χ4n) is 5.55. The van der Waals surface area contributed by atoms with Gasteiger partial charge in [0.05, 0.1) is 30.2 Å². The van der Waals surface area contributed by atoms with Gasteiger partial charge in [-0.15, -0.1) is 0 Å². The number of halogens is 3. The van der Waals surface area contributed by atoms with Crippen molar-refractivity contribution in [3.05, 3.63) is 78.1 Å². The second-order valence-corrected chi connectivity index (χ2v) is 13.0. The molecule has 7 rings (SSSR count). The van der Waals surface area contributed by atoms with Crippen molar-refractivity contribution < 1.29 is 21.6 Å². The van der Waals surface area contributed by atoms with E-state index in [1.165, 1.54) is 12.1 Å². The molecule has 15 heteroatoms. The minimum absolute atomic E-state index is 0.0636. The molecule has 5 aromatic heterocycles. The topological polar surface area (TPSA) is 145 Å². The first-order valence-electron chi connectivity index (χ1n) is 14.0. The van der Waals surface area contributed by atoms with Crippen molar-refractivity contribution >= 4 is 32.1 Å². The van der Waals surface area contributed by atoms with Gasteiger partial charge in [-0.2, -0.15) is 5.10 Å². The van der Waals surface area contributed by atoms with Gasteiger partial charge in [0.2, 0.25) is 10.0 Å². The molecule has 0 atom stereocenters. The number of fused-ring (bicyclic) bond motifs is 2. The summed E-state index contributed by atoms with van der Waals surface area (Å²) < 4.78 is 67.5. The normalized spacial score (nSPS) is 15.4. The van der Waals surface area contributed by atoms with E-state index in [0.717, 1.165) is 22.8 Å². The number of aromatic amines is 2. The van der Waals surface area contributed by atoms with E-state index in [0.29, 0.717) is 63.7 Å². The van der Waals surface area contributed by atoms with E-state index in [2.05, 4.69) is 34.9 Å². The molecule has 6 heterocycles. The number of rotatable bonds is 8. The van der Waals surface area contributed by atoms with E-state index < -0.39 is 21.8 Å². The lowest BCUT2D eigenvalue weighted by Crippen LogP contribution is -2.24. The van der Waals surface area contributed by atoms with E-state index in [1.807, 2.05) is 12.1 Å². The quantitative estimate of drug-likeness (QED) is 0.220. The summed E-state index contributed by atoms with van der Waals surface area (Å²) in [4.78, 5) is 23.0. The number of likely N-dealkylation sites (tertiary alicyclic amines) is 1. The summed E-state index contributed by atoms with van der Waals surface area (Å²) in [5, 5.41) is 8.17. The van der Waals surface area contributed by atoms with Crippen LogP contribution in [0.5, 0.6) is 0 Å². The number of hydrogen-bond acceptors (Lipinski definition) is 8. The second-order valence-electron chi connectivity index (χ2n) is 11.2. The fraction of sp³-hybridized carbons (Fsp3) is 0.233. The third-order valence-electron chi connectivity index (χ3n) is 7.61. The lowest BCUT2D eigenvalue weighted by Gasteiger charge is -2.15. The van der Waals surface area contributed by atoms with Crippen LogP contribution in [0.15, 0.2) is 61.2 Å². The van der Waals surface area contributed by atoms with Gasteiger partial charge < -0.3 is 4.98 Å². The smallest absolute Gasteiger partial charge is 0.261 e. The number of hydrogen-bond donors (Lipinski definition) is 3. The summed E-state index contributed by atoms with van der Waals surface area (Å²) in [5.74, 6) is -2.76. The Balaban J connectivity index is 1.22. The summed E-state index contributed by atoms with van der Waals surface area (Å²) in [6.45, 7) is 0.361. The average Bonchev–Trinajstić information content (AvgIpc) is 3.71. The average molecular weight is 634 g/mol. The van der Waals surface area contributed by atoms with E-state index in [-0.39, 0.29) is 19.5 Å². The predicted molar refractivity (Wildman–Crippen MR) is 162 cm³/mol. The van der Waals surface area contributed by atoms with Crippen molar-refractivity contribution in [3.8, 4) is 33.9 Å². The van der Waals surface area contributed by atoms with Crippen LogP contribution >= 0.6 is 0 Å². The molecule has 1 fully saturated rings. The highest BCUT2D eigenvalue weighted by Crippen LogP contribution is 2.33. The van der Waals surface area contributed by atoms with Gasteiger partial charge in [-0.3, -0.25) is 20.0 Å². The van der Waals surface area contributed by atoms with E-state index >= 15 is 0 Å². The molecule has 6 aromatic rings. The standard InChI is InChI=1S/C30H26F3N9O2S/c1-45(43,44)37-12-17-6-19(9-21(31)8-17)22-2-4-35-28-26(22)38-29(39-28)27-23-10-24(36-14-25(23)40-41-27)20-7-18(11-34-13-20)15-42-5-3-30(32,33)16-42/h2,4,6-11,13-14,37H,3,5,12,15-16H2,1H3,(H,40,41)(H,35,38,39). The summed E-state index contributed by atoms with van der Waals surface area (Å²) >= 11 is 0. The zero-order valence-electron chi connectivity index (χ0n) is 23.9. The molecule has 11 nitrogen and oxygen atoms in total. The Hall–Kier alpha value is -4.73. The van der Waals surface area contributed by atoms with Crippen LogP contribution in [0.4, 0.5) is 13.2 Å². The largest absolute Gasteiger partial charge is 0.321 e. The molecular weight excluding hydrogens is 607 g/mol. The Labute approximate surface area is 255 Å². The Kier molecular flexibility index (Phi) is 7.10. The summed E-state index contributed by atoms with van der Waals surface area (Å²) in [5.41, 5.74) is 5.83. The maximum atomic E-state index is 14.6. The van der Waals surface area contributed by atoms with Crippen LogP contribution in [-0.2, 0) is 23.1 Å². The van der Waals surface area contributed by atoms with Gasteiger partial charge >= 0.3 is 0 Å². The van der Waals surface area contributed by atoms with Crippen molar-refractivity contribution in [2.75, 3.05) is 19.3 Å². The lowest BCUT2D eigenvalue weighted by atomic mass is 10.0. The third-order valence-corrected chi connectivity index (χ3v) is 8.28. The highest BCUT2D eigenvalue weighted by molar-refractivity contribution is 7.88. The van der Waals surface area contributed by atoms with Crippen molar-refractivity contribution in [1.29, 1.82) is 0 Å². The maximum Gasteiger partial charge on any atom is 0.261 e. The molecule has 0 unspecified atom stereocenters. The SMILES string of the molecule is CS(=O)(=O)NCc1cc(F)cc(-c2ccnc3[nH]c(-c4n[nH]c5cnc(-c6cncc(CN7CCC(F)(F)C7)c6)cc45)nc23)c1. The van der Waals surface area contributed by atoms with E-state index in [1.54, 1.807) is 41.8 Å². The number of alkyl halides is 2. The summed E-state index contributed by atoms with van der Waals surface area (Å²) in [6.07, 6.45) is 7.47. The van der Waals surface area contributed by atoms with Crippen LogP contribution in [-0.4, -0.2) is 73.7 Å². The first-order valence-corrected chi connectivity index (χ1v) is 15.9. The van der Waals surface area contributed by atoms with Crippen molar-refractivity contribution in [2.24, 2.45) is 0 Å². The number of H-pyrrole nitrogens is 2. The molecular formula is C30H26F3N9O2S. The Morgan fingerprint density at radius 3 is 2.69 bits per heavy atom. The third kappa shape index (κ3) is 6.14. The number of benzene rings is 1. The van der Waals surface area contributed by atoms with Gasteiger partial charge in [0.1, 0.15) is 17.0 Å². The van der Waals surface area contributed by atoms with Gasteiger partial charge in [0.15, 0.2) is 11.5 Å². The van der Waals surface area contributed by atoms with Crippen LogP contribution < -0.4 is 4.72 Å². The Morgan fingerprint density at radius 1 is 1.04 bits per heavy atom. The van der Waals surface area contributed by atoms with Crippen molar-refractivity contribution in [2.45, 2.75) is 25.4 Å². The molecule has 1 aliphatic rings. The Morgan fingerprint density at radius 2 is 1.89 bits per heavy atom. The van der Waals surface area contributed by atoms with Gasteiger partial charge in [-0.05, 0) is 53.1 Å². The fourth-order valence-corrected chi connectivity index (χ4v) is 5.98. The highest BCUT2D eigenvalue weighted by atomic mass is 32.2. The number of aromatic nitrogens is 7. The zero-order valence-corrected chi connectivity index (χ0v) is 24.7. The second kappa shape index (κ2) is 11.0. The molecule has 45 heavy (non-hydrogen) atoms. The van der Waals surface area contributed by atoms with E-state index in [9.17, 15) is 21.6 Å². The molecule has 0 spiro atoms. The highest BCUT2D eigenvalue weighted by Gasteiger charge is 2.38. The summed E-state index contributed by atoms with van der Waals surface area (Å²) in [7, 11) is -3.46.